The third-order valence-corrected chi connectivity index (χ3v) is 4.56. The molecule has 116 valence electrons. The first-order valence-electron chi connectivity index (χ1n) is 8.11. The standard InChI is InChI=1S/C17H26FN3/c1-19-11-15-4-5-17(18)16(10-15)13-21-8-6-20(7-9-21)12-14-2-3-14/h4-5,10,14,19H,2-3,6-9,11-13H2,1H3. The van der Waals surface area contributed by atoms with Gasteiger partial charge in [0.15, 0.2) is 0 Å². The maximum atomic E-state index is 14.0. The molecule has 3 rings (SSSR count). The van der Waals surface area contributed by atoms with Crippen molar-refractivity contribution in [3.63, 3.8) is 0 Å². The molecule has 1 aliphatic carbocycles. The Hall–Kier alpha value is -0.970. The highest BCUT2D eigenvalue weighted by Gasteiger charge is 2.26. The predicted octanol–water partition coefficient (Wildman–Crippen LogP) is 2.07. The van der Waals surface area contributed by atoms with E-state index in [0.29, 0.717) is 0 Å². The molecule has 1 saturated carbocycles. The monoisotopic (exact) mass is 291 g/mol. The molecule has 0 amide bonds. The van der Waals surface area contributed by atoms with Gasteiger partial charge in [-0.2, -0.15) is 0 Å². The number of nitrogens with zero attached hydrogens (tertiary/aromatic N) is 2. The average Bonchev–Trinajstić information content (AvgIpc) is 3.29. The second kappa shape index (κ2) is 6.86. The zero-order chi connectivity index (χ0) is 14.7. The van der Waals surface area contributed by atoms with Gasteiger partial charge in [-0.05, 0) is 37.4 Å². The normalized spacial score (nSPS) is 20.9. The summed E-state index contributed by atoms with van der Waals surface area (Å²) in [4.78, 5) is 4.95. The molecule has 1 aromatic rings. The van der Waals surface area contributed by atoms with Crippen LogP contribution in [0, 0.1) is 11.7 Å². The molecule has 1 aromatic carbocycles. The second-order valence-corrected chi connectivity index (χ2v) is 6.48. The predicted molar refractivity (Wildman–Crippen MR) is 83.6 cm³/mol. The first kappa shape index (κ1) is 14.9. The van der Waals surface area contributed by atoms with Crippen molar-refractivity contribution in [1.29, 1.82) is 0 Å². The third kappa shape index (κ3) is 4.25. The summed E-state index contributed by atoms with van der Waals surface area (Å²) in [5.41, 5.74) is 1.99. The fourth-order valence-corrected chi connectivity index (χ4v) is 3.10. The van der Waals surface area contributed by atoms with Gasteiger partial charge in [0.2, 0.25) is 0 Å². The Balaban J connectivity index is 1.53. The Kier molecular flexibility index (Phi) is 4.88. The van der Waals surface area contributed by atoms with E-state index >= 15 is 0 Å². The molecule has 1 N–H and O–H groups in total. The number of benzene rings is 1. The molecule has 0 atom stereocenters. The van der Waals surface area contributed by atoms with Crippen molar-refractivity contribution in [2.24, 2.45) is 5.92 Å². The summed E-state index contributed by atoms with van der Waals surface area (Å²) in [6.45, 7) is 7.19. The van der Waals surface area contributed by atoms with Crippen LogP contribution in [0.4, 0.5) is 4.39 Å². The lowest BCUT2D eigenvalue weighted by Gasteiger charge is -2.34. The van der Waals surface area contributed by atoms with Crippen LogP contribution in [0.3, 0.4) is 0 Å². The van der Waals surface area contributed by atoms with E-state index in [1.54, 1.807) is 6.07 Å². The Labute approximate surface area is 127 Å². The van der Waals surface area contributed by atoms with Crippen LogP contribution >= 0.6 is 0 Å². The fourth-order valence-electron chi connectivity index (χ4n) is 3.10. The molecule has 0 aromatic heterocycles. The molecule has 21 heavy (non-hydrogen) atoms. The first-order valence-corrected chi connectivity index (χ1v) is 8.11. The highest BCUT2D eigenvalue weighted by Crippen LogP contribution is 2.30. The lowest BCUT2D eigenvalue weighted by molar-refractivity contribution is 0.122. The first-order chi connectivity index (χ1) is 10.2. The van der Waals surface area contributed by atoms with Crippen LogP contribution in [-0.4, -0.2) is 49.6 Å². The van der Waals surface area contributed by atoms with E-state index < -0.39 is 0 Å². The van der Waals surface area contributed by atoms with Crippen LogP contribution < -0.4 is 5.32 Å². The number of rotatable bonds is 6. The van der Waals surface area contributed by atoms with E-state index in [-0.39, 0.29) is 5.82 Å². The van der Waals surface area contributed by atoms with Gasteiger partial charge >= 0.3 is 0 Å². The highest BCUT2D eigenvalue weighted by molar-refractivity contribution is 5.25. The van der Waals surface area contributed by atoms with Crippen molar-refractivity contribution in [3.05, 3.63) is 35.1 Å². The Morgan fingerprint density at radius 3 is 2.52 bits per heavy atom. The molecule has 2 aliphatic rings. The van der Waals surface area contributed by atoms with Gasteiger partial charge in [-0.1, -0.05) is 12.1 Å². The molecular formula is C17H26FN3. The highest BCUT2D eigenvalue weighted by atomic mass is 19.1. The van der Waals surface area contributed by atoms with Gasteiger partial charge in [0.05, 0.1) is 0 Å². The summed E-state index contributed by atoms with van der Waals surface area (Å²) in [7, 11) is 1.92. The zero-order valence-electron chi connectivity index (χ0n) is 12.9. The Morgan fingerprint density at radius 2 is 1.86 bits per heavy atom. The topological polar surface area (TPSA) is 18.5 Å². The van der Waals surface area contributed by atoms with Crippen LogP contribution in [0.25, 0.3) is 0 Å². The Bertz CT molecular complexity index is 465. The fraction of sp³-hybridized carbons (Fsp3) is 0.647. The van der Waals surface area contributed by atoms with E-state index in [2.05, 4.69) is 15.1 Å². The Morgan fingerprint density at radius 1 is 1.14 bits per heavy atom. The minimum atomic E-state index is -0.0738. The molecule has 2 fully saturated rings. The van der Waals surface area contributed by atoms with Crippen LogP contribution in [0.2, 0.25) is 0 Å². The van der Waals surface area contributed by atoms with Gasteiger partial charge in [0.1, 0.15) is 5.82 Å². The molecule has 0 radical (unpaired) electrons. The average molecular weight is 291 g/mol. The molecule has 0 bridgehead atoms. The lowest BCUT2D eigenvalue weighted by Crippen LogP contribution is -2.46. The van der Waals surface area contributed by atoms with Crippen molar-refractivity contribution in [1.82, 2.24) is 15.1 Å². The summed E-state index contributed by atoms with van der Waals surface area (Å²) >= 11 is 0. The number of hydrogen-bond donors (Lipinski definition) is 1. The van der Waals surface area contributed by atoms with E-state index in [1.165, 1.54) is 19.4 Å². The molecule has 1 aliphatic heterocycles. The van der Waals surface area contributed by atoms with Crippen LogP contribution in [0.1, 0.15) is 24.0 Å². The van der Waals surface area contributed by atoms with Crippen molar-refractivity contribution in [2.45, 2.75) is 25.9 Å². The van der Waals surface area contributed by atoms with Gasteiger partial charge in [0.25, 0.3) is 0 Å². The number of nitrogens with one attached hydrogen (secondary N) is 1. The van der Waals surface area contributed by atoms with Crippen molar-refractivity contribution >= 4 is 0 Å². The molecule has 0 spiro atoms. The van der Waals surface area contributed by atoms with Crippen molar-refractivity contribution in [2.75, 3.05) is 39.8 Å². The number of piperazine rings is 1. The molecule has 1 saturated heterocycles. The van der Waals surface area contributed by atoms with E-state index in [1.807, 2.05) is 19.2 Å². The summed E-state index contributed by atoms with van der Waals surface area (Å²) < 4.78 is 14.0. The van der Waals surface area contributed by atoms with Crippen LogP contribution in [0.5, 0.6) is 0 Å². The van der Waals surface area contributed by atoms with Gasteiger partial charge in [-0.25, -0.2) is 4.39 Å². The largest absolute Gasteiger partial charge is 0.316 e. The maximum Gasteiger partial charge on any atom is 0.127 e. The summed E-state index contributed by atoms with van der Waals surface area (Å²) in [6, 6.07) is 5.47. The molecular weight excluding hydrogens is 265 g/mol. The second-order valence-electron chi connectivity index (χ2n) is 6.48. The van der Waals surface area contributed by atoms with Crippen molar-refractivity contribution < 1.29 is 4.39 Å². The molecule has 3 nitrogen and oxygen atoms in total. The number of hydrogen-bond acceptors (Lipinski definition) is 3. The quantitative estimate of drug-likeness (QED) is 0.865. The molecule has 4 heteroatoms. The summed E-state index contributed by atoms with van der Waals surface area (Å²) in [6.07, 6.45) is 2.84. The molecule has 0 unspecified atom stereocenters. The van der Waals surface area contributed by atoms with Gasteiger partial charge in [-0.15, -0.1) is 0 Å². The SMILES string of the molecule is CNCc1ccc(F)c(CN2CCN(CC3CC3)CC2)c1. The molecule has 1 heterocycles. The van der Waals surface area contributed by atoms with Crippen LogP contribution in [-0.2, 0) is 13.1 Å². The van der Waals surface area contributed by atoms with Gasteiger partial charge in [0, 0.05) is 51.4 Å². The van der Waals surface area contributed by atoms with E-state index in [9.17, 15) is 4.39 Å². The smallest absolute Gasteiger partial charge is 0.127 e. The third-order valence-electron chi connectivity index (χ3n) is 4.56. The summed E-state index contributed by atoms with van der Waals surface area (Å²) in [5, 5.41) is 3.12. The summed E-state index contributed by atoms with van der Waals surface area (Å²) in [5.74, 6) is 0.891. The lowest BCUT2D eigenvalue weighted by atomic mass is 10.1. The zero-order valence-corrected chi connectivity index (χ0v) is 12.9. The number of halogens is 1. The van der Waals surface area contributed by atoms with Crippen LogP contribution in [0.15, 0.2) is 18.2 Å². The maximum absolute atomic E-state index is 14.0. The minimum absolute atomic E-state index is 0.0738. The van der Waals surface area contributed by atoms with Crippen molar-refractivity contribution in [3.8, 4) is 0 Å². The van der Waals surface area contributed by atoms with E-state index in [4.69, 9.17) is 0 Å². The van der Waals surface area contributed by atoms with E-state index in [0.717, 1.165) is 56.3 Å². The minimum Gasteiger partial charge on any atom is -0.316 e. The van der Waals surface area contributed by atoms with Gasteiger partial charge in [-0.3, -0.25) is 4.90 Å². The van der Waals surface area contributed by atoms with Gasteiger partial charge < -0.3 is 10.2 Å².